The zero-order valence-corrected chi connectivity index (χ0v) is 28.7. The number of fused-ring (bicyclic) bond motifs is 3. The highest BCUT2D eigenvalue weighted by Crippen LogP contribution is 2.76. The Labute approximate surface area is 274 Å². The van der Waals surface area contributed by atoms with Crippen molar-refractivity contribution in [1.82, 2.24) is 0 Å². The molecule has 0 unspecified atom stereocenters. The van der Waals surface area contributed by atoms with Crippen molar-refractivity contribution in [3.63, 3.8) is 0 Å². The van der Waals surface area contributed by atoms with Gasteiger partial charge in [-0.2, -0.15) is 0 Å². The van der Waals surface area contributed by atoms with Gasteiger partial charge in [-0.05, 0) is 91.9 Å². The molecule has 0 bridgehead atoms. The van der Waals surface area contributed by atoms with Crippen LogP contribution in [0.15, 0.2) is 114 Å². The highest BCUT2D eigenvalue weighted by Gasteiger charge is 2.72. The van der Waals surface area contributed by atoms with Gasteiger partial charge < -0.3 is 9.32 Å². The Kier molecular flexibility index (Phi) is 5.80. The SMILES string of the molecule is CC1(C)c2cc(-c3cc(N(c4ccccc4)c4ccccc4)c4oc5ccccc5c4c3)cc3c2C(C)(C1(C)C)C(C)(C)C3(C)C. The van der Waals surface area contributed by atoms with Crippen LogP contribution in [0, 0.1) is 10.8 Å². The molecule has 0 amide bonds. The van der Waals surface area contributed by atoms with Gasteiger partial charge in [0.2, 0.25) is 0 Å². The summed E-state index contributed by atoms with van der Waals surface area (Å²) < 4.78 is 6.72. The lowest BCUT2D eigenvalue weighted by atomic mass is 9.47. The van der Waals surface area contributed by atoms with Crippen LogP contribution in [-0.4, -0.2) is 0 Å². The summed E-state index contributed by atoms with van der Waals surface area (Å²) in [6.45, 7) is 22.5. The van der Waals surface area contributed by atoms with E-state index in [4.69, 9.17) is 4.42 Å². The molecule has 2 aliphatic rings. The predicted molar refractivity (Wildman–Crippen MR) is 195 cm³/mol. The van der Waals surface area contributed by atoms with Crippen molar-refractivity contribution >= 4 is 39.0 Å². The summed E-state index contributed by atoms with van der Waals surface area (Å²) in [5.41, 5.74) is 12.3. The van der Waals surface area contributed by atoms with E-state index < -0.39 is 0 Å². The molecular weight excluding hydrogens is 558 g/mol. The van der Waals surface area contributed by atoms with Crippen LogP contribution in [0.1, 0.15) is 79.0 Å². The number of benzene rings is 5. The molecule has 2 aliphatic carbocycles. The largest absolute Gasteiger partial charge is 0.454 e. The van der Waals surface area contributed by atoms with Gasteiger partial charge in [-0.1, -0.05) is 129 Å². The van der Waals surface area contributed by atoms with E-state index in [1.807, 2.05) is 0 Å². The lowest BCUT2D eigenvalue weighted by Crippen LogP contribution is -2.54. The van der Waals surface area contributed by atoms with Gasteiger partial charge in [0.05, 0.1) is 5.69 Å². The summed E-state index contributed by atoms with van der Waals surface area (Å²) in [6.07, 6.45) is 0. The van der Waals surface area contributed by atoms with Crippen LogP contribution in [0.2, 0.25) is 0 Å². The van der Waals surface area contributed by atoms with E-state index in [0.29, 0.717) is 0 Å². The minimum atomic E-state index is 0.00495. The molecule has 232 valence electrons. The quantitative estimate of drug-likeness (QED) is 0.199. The molecule has 8 rings (SSSR count). The Morgan fingerprint density at radius 3 is 1.52 bits per heavy atom. The van der Waals surface area contributed by atoms with Gasteiger partial charge in [0.25, 0.3) is 0 Å². The zero-order valence-electron chi connectivity index (χ0n) is 28.7. The lowest BCUT2D eigenvalue weighted by Gasteiger charge is -2.56. The third-order valence-electron chi connectivity index (χ3n) is 13.7. The standard InChI is InChI=1S/C44H45NO/c1-40(2)34-25-29(26-35-38(34)44(9,42(40,5)6)43(7,8)41(35,3)4)28-24-33-32-22-16-17-23-37(32)46-39(33)36(27-28)45(30-18-12-10-13-19-30)31-20-14-11-15-21-31/h10-27H,1-9H3. The second kappa shape index (κ2) is 9.16. The van der Waals surface area contributed by atoms with Crippen LogP contribution in [0.3, 0.4) is 0 Å². The van der Waals surface area contributed by atoms with Gasteiger partial charge in [0, 0.05) is 27.6 Å². The smallest absolute Gasteiger partial charge is 0.159 e. The molecule has 6 aromatic rings. The fraction of sp³-hybridized carbons (Fsp3) is 0.318. The average Bonchev–Trinajstić information content (AvgIpc) is 3.52. The summed E-state index contributed by atoms with van der Waals surface area (Å²) in [5.74, 6) is 0. The Bertz CT molecular complexity index is 2070. The first-order valence-electron chi connectivity index (χ1n) is 16.8. The van der Waals surface area contributed by atoms with Crippen LogP contribution in [0.5, 0.6) is 0 Å². The van der Waals surface area contributed by atoms with Crippen molar-refractivity contribution in [2.45, 2.75) is 78.6 Å². The number of hydrogen-bond acceptors (Lipinski definition) is 2. The summed E-state index contributed by atoms with van der Waals surface area (Å²) in [6, 6.07) is 39.6. The summed E-state index contributed by atoms with van der Waals surface area (Å²) in [7, 11) is 0. The Morgan fingerprint density at radius 2 is 0.978 bits per heavy atom. The number of para-hydroxylation sites is 3. The van der Waals surface area contributed by atoms with E-state index in [1.165, 1.54) is 22.3 Å². The first-order valence-corrected chi connectivity index (χ1v) is 16.8. The summed E-state index contributed by atoms with van der Waals surface area (Å²) in [5, 5.41) is 2.28. The van der Waals surface area contributed by atoms with Crippen molar-refractivity contribution in [2.75, 3.05) is 4.90 Å². The average molecular weight is 604 g/mol. The van der Waals surface area contributed by atoms with Crippen LogP contribution < -0.4 is 4.90 Å². The maximum absolute atomic E-state index is 6.72. The molecule has 0 spiro atoms. The van der Waals surface area contributed by atoms with Crippen LogP contribution in [-0.2, 0) is 16.2 Å². The third-order valence-corrected chi connectivity index (χ3v) is 13.7. The highest BCUT2D eigenvalue weighted by molar-refractivity contribution is 6.12. The Balaban J connectivity index is 1.47. The van der Waals surface area contributed by atoms with E-state index in [-0.39, 0.29) is 27.1 Å². The van der Waals surface area contributed by atoms with Crippen molar-refractivity contribution in [3.05, 3.63) is 126 Å². The zero-order chi connectivity index (χ0) is 32.4. The monoisotopic (exact) mass is 603 g/mol. The van der Waals surface area contributed by atoms with E-state index in [1.54, 1.807) is 5.56 Å². The molecule has 2 heteroatoms. The van der Waals surface area contributed by atoms with Crippen LogP contribution in [0.4, 0.5) is 17.1 Å². The van der Waals surface area contributed by atoms with E-state index in [0.717, 1.165) is 39.0 Å². The first kappa shape index (κ1) is 29.1. The highest BCUT2D eigenvalue weighted by atomic mass is 16.3. The second-order valence-electron chi connectivity index (χ2n) is 16.0. The molecule has 5 aromatic carbocycles. The van der Waals surface area contributed by atoms with Gasteiger partial charge >= 0.3 is 0 Å². The normalized spacial score (nSPS) is 19.4. The number of furan rings is 1. The maximum atomic E-state index is 6.72. The number of rotatable bonds is 4. The number of hydrogen-bond donors (Lipinski definition) is 0. The van der Waals surface area contributed by atoms with Gasteiger partial charge in [-0.3, -0.25) is 0 Å². The van der Waals surface area contributed by atoms with Gasteiger partial charge in [-0.25, -0.2) is 0 Å². The summed E-state index contributed by atoms with van der Waals surface area (Å²) >= 11 is 0. The first-order chi connectivity index (χ1) is 21.7. The van der Waals surface area contributed by atoms with Gasteiger partial charge in [0.15, 0.2) is 5.58 Å². The molecule has 0 radical (unpaired) electrons. The lowest BCUT2D eigenvalue weighted by molar-refractivity contribution is -0.0105. The van der Waals surface area contributed by atoms with Crippen LogP contribution in [0.25, 0.3) is 33.1 Å². The fourth-order valence-electron chi connectivity index (χ4n) is 9.39. The molecule has 1 heterocycles. The van der Waals surface area contributed by atoms with E-state index in [9.17, 15) is 0 Å². The summed E-state index contributed by atoms with van der Waals surface area (Å²) in [4.78, 5) is 2.34. The van der Waals surface area contributed by atoms with Crippen molar-refractivity contribution < 1.29 is 4.42 Å². The molecule has 0 N–H and O–H groups in total. The molecule has 0 atom stereocenters. The molecule has 2 nitrogen and oxygen atoms in total. The Morgan fingerprint density at radius 1 is 0.500 bits per heavy atom. The molecular formula is C44H45NO. The molecule has 0 fully saturated rings. The maximum Gasteiger partial charge on any atom is 0.159 e. The van der Waals surface area contributed by atoms with E-state index >= 15 is 0 Å². The molecule has 1 aromatic heterocycles. The minimum absolute atomic E-state index is 0.00495. The number of anilines is 3. The minimum Gasteiger partial charge on any atom is -0.454 e. The predicted octanol–water partition coefficient (Wildman–Crippen LogP) is 12.6. The van der Waals surface area contributed by atoms with Crippen LogP contribution >= 0.6 is 0 Å². The molecule has 0 saturated carbocycles. The number of nitrogens with zero attached hydrogens (tertiary/aromatic N) is 1. The van der Waals surface area contributed by atoms with Crippen molar-refractivity contribution in [3.8, 4) is 11.1 Å². The van der Waals surface area contributed by atoms with E-state index in [2.05, 4.69) is 176 Å². The second-order valence-corrected chi connectivity index (χ2v) is 16.0. The van der Waals surface area contributed by atoms with Crippen molar-refractivity contribution in [2.24, 2.45) is 10.8 Å². The molecule has 0 aliphatic heterocycles. The topological polar surface area (TPSA) is 16.4 Å². The molecule has 46 heavy (non-hydrogen) atoms. The third kappa shape index (κ3) is 3.38. The fourth-order valence-corrected chi connectivity index (χ4v) is 9.39. The van der Waals surface area contributed by atoms with Gasteiger partial charge in [0.1, 0.15) is 5.58 Å². The van der Waals surface area contributed by atoms with Crippen molar-refractivity contribution in [1.29, 1.82) is 0 Å². The molecule has 0 saturated heterocycles. The Hall–Kier alpha value is -4.30. The van der Waals surface area contributed by atoms with Gasteiger partial charge in [-0.15, -0.1) is 0 Å².